The summed E-state index contributed by atoms with van der Waals surface area (Å²) in [7, 11) is 1.29. The van der Waals surface area contributed by atoms with Crippen molar-refractivity contribution in [3.8, 4) is 0 Å². The van der Waals surface area contributed by atoms with Crippen molar-refractivity contribution in [1.82, 2.24) is 5.32 Å². The molecule has 1 saturated heterocycles. The second-order valence-electron chi connectivity index (χ2n) is 3.56. The number of alkyl carbamates (subject to hydrolysis) is 1. The van der Waals surface area contributed by atoms with Crippen LogP contribution in [0.2, 0.25) is 0 Å². The number of methoxy groups -OCH3 is 1. The van der Waals surface area contributed by atoms with Crippen LogP contribution in [0, 0.1) is 5.92 Å². The lowest BCUT2D eigenvalue weighted by atomic mass is 9.94. The molecule has 1 rings (SSSR count). The second-order valence-corrected chi connectivity index (χ2v) is 3.56. The number of rotatable bonds is 4. The Balaban J connectivity index is 2.59. The highest BCUT2D eigenvalue weighted by Gasteiger charge is 2.31. The molecule has 0 spiro atoms. The van der Waals surface area contributed by atoms with Crippen molar-refractivity contribution in [2.45, 2.75) is 25.8 Å². The third-order valence-electron chi connectivity index (χ3n) is 2.59. The van der Waals surface area contributed by atoms with Crippen molar-refractivity contribution < 1.29 is 19.1 Å². The summed E-state index contributed by atoms with van der Waals surface area (Å²) in [5, 5.41) is 2.57. The van der Waals surface area contributed by atoms with E-state index in [-0.39, 0.29) is 11.7 Å². The van der Waals surface area contributed by atoms with Gasteiger partial charge in [-0.25, -0.2) is 4.79 Å². The van der Waals surface area contributed by atoms with E-state index in [2.05, 4.69) is 10.1 Å². The zero-order valence-corrected chi connectivity index (χ0v) is 9.12. The molecule has 15 heavy (non-hydrogen) atoms. The summed E-state index contributed by atoms with van der Waals surface area (Å²) in [6, 6.07) is -0.468. The standard InChI is InChI=1S/C10H17NO4/c1-3-8(12)9(11-10(13)14-2)7-4-5-15-6-7/h7,9H,3-6H2,1-2H3,(H,11,13). The molecule has 86 valence electrons. The minimum atomic E-state index is -0.561. The summed E-state index contributed by atoms with van der Waals surface area (Å²) in [6.07, 6.45) is 0.652. The molecule has 2 unspecified atom stereocenters. The van der Waals surface area contributed by atoms with Gasteiger partial charge in [0, 0.05) is 18.9 Å². The number of amides is 1. The molecule has 0 aliphatic carbocycles. The fourth-order valence-corrected chi connectivity index (χ4v) is 1.68. The van der Waals surface area contributed by atoms with E-state index in [4.69, 9.17) is 4.74 Å². The number of hydrogen-bond acceptors (Lipinski definition) is 4. The molecular weight excluding hydrogens is 198 g/mol. The zero-order valence-electron chi connectivity index (χ0n) is 9.12. The Morgan fingerprint density at radius 2 is 2.33 bits per heavy atom. The predicted octanol–water partition coefficient (Wildman–Crippen LogP) is 0.727. The van der Waals surface area contributed by atoms with Crippen LogP contribution in [0.5, 0.6) is 0 Å². The first-order valence-corrected chi connectivity index (χ1v) is 5.14. The third-order valence-corrected chi connectivity index (χ3v) is 2.59. The summed E-state index contributed by atoms with van der Waals surface area (Å²) < 4.78 is 9.70. The smallest absolute Gasteiger partial charge is 0.407 e. The van der Waals surface area contributed by atoms with Crippen LogP contribution in [-0.2, 0) is 14.3 Å². The number of carbonyl (C=O) groups excluding carboxylic acids is 2. The third kappa shape index (κ3) is 3.20. The first-order chi connectivity index (χ1) is 7.19. The quantitative estimate of drug-likeness (QED) is 0.750. The highest BCUT2D eigenvalue weighted by atomic mass is 16.5. The van der Waals surface area contributed by atoms with Crippen LogP contribution in [-0.4, -0.2) is 38.2 Å². The summed E-state index contributed by atoms with van der Waals surface area (Å²) in [6.45, 7) is 2.96. The normalized spacial score (nSPS) is 22.1. The summed E-state index contributed by atoms with van der Waals surface area (Å²) >= 11 is 0. The Kier molecular flexibility index (Phi) is 4.55. The van der Waals surface area contributed by atoms with Crippen LogP contribution in [0.15, 0.2) is 0 Å². The van der Waals surface area contributed by atoms with Crippen molar-refractivity contribution in [3.63, 3.8) is 0 Å². The number of carbonyl (C=O) groups is 2. The maximum Gasteiger partial charge on any atom is 0.407 e. The van der Waals surface area contributed by atoms with Gasteiger partial charge in [-0.2, -0.15) is 0 Å². The van der Waals surface area contributed by atoms with Gasteiger partial charge in [-0.1, -0.05) is 6.92 Å². The molecule has 1 amide bonds. The molecule has 0 aromatic rings. The van der Waals surface area contributed by atoms with Crippen LogP contribution in [0.25, 0.3) is 0 Å². The van der Waals surface area contributed by atoms with Crippen LogP contribution in [0.1, 0.15) is 19.8 Å². The van der Waals surface area contributed by atoms with E-state index in [1.165, 1.54) is 7.11 Å². The largest absolute Gasteiger partial charge is 0.453 e. The molecule has 1 fully saturated rings. The van der Waals surface area contributed by atoms with Crippen molar-refractivity contribution in [2.24, 2.45) is 5.92 Å². The van der Waals surface area contributed by atoms with Gasteiger partial charge in [0.1, 0.15) is 0 Å². The van der Waals surface area contributed by atoms with Gasteiger partial charge in [-0.3, -0.25) is 4.79 Å². The summed E-state index contributed by atoms with van der Waals surface area (Å²) in [4.78, 5) is 22.7. The highest BCUT2D eigenvalue weighted by molar-refractivity contribution is 5.87. The Morgan fingerprint density at radius 3 is 2.80 bits per heavy atom. The lowest BCUT2D eigenvalue weighted by Gasteiger charge is -2.21. The van der Waals surface area contributed by atoms with E-state index >= 15 is 0 Å². The van der Waals surface area contributed by atoms with Crippen LogP contribution >= 0.6 is 0 Å². The van der Waals surface area contributed by atoms with Gasteiger partial charge in [-0.15, -0.1) is 0 Å². The Hall–Kier alpha value is -1.10. The number of ether oxygens (including phenoxy) is 2. The van der Waals surface area contributed by atoms with Gasteiger partial charge in [-0.05, 0) is 6.42 Å². The summed E-state index contributed by atoms with van der Waals surface area (Å²) in [5.74, 6) is 0.104. The average molecular weight is 215 g/mol. The van der Waals surface area contributed by atoms with Gasteiger partial charge in [0.15, 0.2) is 5.78 Å². The van der Waals surface area contributed by atoms with Crippen molar-refractivity contribution >= 4 is 11.9 Å². The van der Waals surface area contributed by atoms with E-state index in [9.17, 15) is 9.59 Å². The Labute approximate surface area is 89.1 Å². The van der Waals surface area contributed by atoms with Gasteiger partial charge in [0.2, 0.25) is 0 Å². The fraction of sp³-hybridized carbons (Fsp3) is 0.800. The average Bonchev–Trinajstić information content (AvgIpc) is 2.77. The van der Waals surface area contributed by atoms with E-state index in [1.54, 1.807) is 6.92 Å². The van der Waals surface area contributed by atoms with Crippen LogP contribution in [0.3, 0.4) is 0 Å². The Bertz CT molecular complexity index is 236. The lowest BCUT2D eigenvalue weighted by molar-refractivity contribution is -0.121. The number of hydrogen-bond donors (Lipinski definition) is 1. The lowest BCUT2D eigenvalue weighted by Crippen LogP contribution is -2.46. The van der Waals surface area contributed by atoms with E-state index in [1.807, 2.05) is 0 Å². The van der Waals surface area contributed by atoms with Gasteiger partial charge < -0.3 is 14.8 Å². The van der Waals surface area contributed by atoms with Crippen LogP contribution in [0.4, 0.5) is 4.79 Å². The van der Waals surface area contributed by atoms with Gasteiger partial charge >= 0.3 is 6.09 Å². The van der Waals surface area contributed by atoms with Crippen LogP contribution < -0.4 is 5.32 Å². The topological polar surface area (TPSA) is 64.6 Å². The van der Waals surface area contributed by atoms with Crippen molar-refractivity contribution in [3.05, 3.63) is 0 Å². The minimum absolute atomic E-state index is 0.0240. The monoisotopic (exact) mass is 215 g/mol. The second kappa shape index (κ2) is 5.70. The maximum atomic E-state index is 11.6. The molecule has 1 N–H and O–H groups in total. The minimum Gasteiger partial charge on any atom is -0.453 e. The molecule has 2 atom stereocenters. The number of Topliss-reactive ketones (excluding diaryl/α,β-unsaturated/α-hetero) is 1. The van der Waals surface area contributed by atoms with Crippen molar-refractivity contribution in [2.75, 3.05) is 20.3 Å². The predicted molar refractivity (Wildman–Crippen MR) is 53.6 cm³/mol. The first-order valence-electron chi connectivity index (χ1n) is 5.14. The highest BCUT2D eigenvalue weighted by Crippen LogP contribution is 2.18. The SMILES string of the molecule is CCC(=O)C(NC(=O)OC)C1CCOC1. The maximum absolute atomic E-state index is 11.6. The van der Waals surface area contributed by atoms with E-state index in [0.717, 1.165) is 6.42 Å². The molecule has 0 saturated carbocycles. The van der Waals surface area contributed by atoms with Gasteiger partial charge in [0.25, 0.3) is 0 Å². The summed E-state index contributed by atoms with van der Waals surface area (Å²) in [5.41, 5.74) is 0. The molecule has 5 heteroatoms. The van der Waals surface area contributed by atoms with Gasteiger partial charge in [0.05, 0.1) is 19.8 Å². The zero-order chi connectivity index (χ0) is 11.3. The first kappa shape index (κ1) is 12.0. The molecule has 1 heterocycles. The molecule has 0 radical (unpaired) electrons. The van der Waals surface area contributed by atoms with E-state index < -0.39 is 12.1 Å². The molecule has 0 aromatic heterocycles. The molecule has 0 bridgehead atoms. The molecule has 1 aliphatic heterocycles. The molecule has 1 aliphatic rings. The molecule has 0 aromatic carbocycles. The van der Waals surface area contributed by atoms with E-state index in [0.29, 0.717) is 19.6 Å². The molecule has 5 nitrogen and oxygen atoms in total. The van der Waals surface area contributed by atoms with Crippen molar-refractivity contribution in [1.29, 1.82) is 0 Å². The fourth-order valence-electron chi connectivity index (χ4n) is 1.68. The number of ketones is 1. The Morgan fingerprint density at radius 1 is 1.60 bits per heavy atom. The number of nitrogens with one attached hydrogen (secondary N) is 1. The molecular formula is C10H17NO4.